The third-order valence-corrected chi connectivity index (χ3v) is 3.80. The Kier molecular flexibility index (Phi) is 4.97. The summed E-state index contributed by atoms with van der Waals surface area (Å²) in [7, 11) is 0. The minimum Gasteiger partial charge on any atom is -0.381 e. The SMILES string of the molecule is C/C=C(C)\C=C/c1c(C)cnn1CC1CCOCC1. The largest absolute Gasteiger partial charge is 0.381 e. The normalized spacial score (nSPS) is 18.4. The van der Waals surface area contributed by atoms with Crippen LogP contribution in [-0.4, -0.2) is 23.0 Å². The predicted octanol–water partition coefficient (Wildman–Crippen LogP) is 3.60. The van der Waals surface area contributed by atoms with Gasteiger partial charge >= 0.3 is 0 Å². The molecule has 0 radical (unpaired) electrons. The van der Waals surface area contributed by atoms with E-state index in [1.165, 1.54) is 16.8 Å². The molecular weight excluding hydrogens is 236 g/mol. The topological polar surface area (TPSA) is 27.1 Å². The molecule has 2 heterocycles. The molecule has 0 spiro atoms. The highest BCUT2D eigenvalue weighted by molar-refractivity contribution is 5.52. The van der Waals surface area contributed by atoms with Crippen molar-refractivity contribution in [2.75, 3.05) is 13.2 Å². The van der Waals surface area contributed by atoms with Crippen molar-refractivity contribution in [2.24, 2.45) is 5.92 Å². The Morgan fingerprint density at radius 3 is 2.89 bits per heavy atom. The van der Waals surface area contributed by atoms with Crippen LogP contribution in [0.15, 0.2) is 23.9 Å². The van der Waals surface area contributed by atoms with Crippen molar-refractivity contribution in [1.29, 1.82) is 0 Å². The Balaban J connectivity index is 2.10. The van der Waals surface area contributed by atoms with E-state index in [1.54, 1.807) is 0 Å². The predicted molar refractivity (Wildman–Crippen MR) is 79.0 cm³/mol. The summed E-state index contributed by atoms with van der Waals surface area (Å²) in [5.41, 5.74) is 3.75. The van der Waals surface area contributed by atoms with Crippen molar-refractivity contribution >= 4 is 6.08 Å². The molecule has 3 heteroatoms. The fraction of sp³-hybridized carbons (Fsp3) is 0.562. The molecule has 0 amide bonds. The average molecular weight is 260 g/mol. The molecule has 2 rings (SSSR count). The zero-order valence-electron chi connectivity index (χ0n) is 12.2. The third kappa shape index (κ3) is 3.80. The smallest absolute Gasteiger partial charge is 0.0639 e. The van der Waals surface area contributed by atoms with Gasteiger partial charge in [0.15, 0.2) is 0 Å². The van der Waals surface area contributed by atoms with Crippen LogP contribution in [0.25, 0.3) is 6.08 Å². The minimum atomic E-state index is 0.697. The molecule has 1 aromatic rings. The summed E-state index contributed by atoms with van der Waals surface area (Å²) >= 11 is 0. The highest BCUT2D eigenvalue weighted by Gasteiger charge is 2.16. The number of ether oxygens (including phenoxy) is 1. The number of hydrogen-bond acceptors (Lipinski definition) is 2. The summed E-state index contributed by atoms with van der Waals surface area (Å²) < 4.78 is 7.56. The first-order valence-electron chi connectivity index (χ1n) is 7.12. The highest BCUT2D eigenvalue weighted by Crippen LogP contribution is 2.19. The van der Waals surface area contributed by atoms with Crippen molar-refractivity contribution in [1.82, 2.24) is 9.78 Å². The summed E-state index contributed by atoms with van der Waals surface area (Å²) in [6, 6.07) is 0. The first kappa shape index (κ1) is 14.1. The maximum absolute atomic E-state index is 5.42. The molecular formula is C16H24N2O. The summed E-state index contributed by atoms with van der Waals surface area (Å²) in [5.74, 6) is 0.697. The van der Waals surface area contributed by atoms with Gasteiger partial charge in [-0.1, -0.05) is 17.7 Å². The number of aryl methyl sites for hydroxylation is 1. The van der Waals surface area contributed by atoms with Crippen molar-refractivity contribution in [2.45, 2.75) is 40.2 Å². The van der Waals surface area contributed by atoms with Crippen molar-refractivity contribution < 1.29 is 4.74 Å². The monoisotopic (exact) mass is 260 g/mol. The molecule has 1 saturated heterocycles. The Bertz CT molecular complexity index is 465. The van der Waals surface area contributed by atoms with Crippen molar-refractivity contribution in [3.05, 3.63) is 35.2 Å². The lowest BCUT2D eigenvalue weighted by Crippen LogP contribution is -2.21. The lowest BCUT2D eigenvalue weighted by atomic mass is 10.0. The molecule has 0 N–H and O–H groups in total. The molecule has 1 aliphatic rings. The standard InChI is InChI=1S/C16H24N2O/c1-4-13(2)5-6-16-14(3)11-17-18(16)12-15-7-9-19-10-8-15/h4-6,11,15H,7-10,12H2,1-3H3/b6-5-,13-4-. The molecule has 1 fully saturated rings. The fourth-order valence-corrected chi connectivity index (χ4v) is 2.33. The molecule has 1 aliphatic heterocycles. The summed E-state index contributed by atoms with van der Waals surface area (Å²) in [5, 5.41) is 4.52. The summed E-state index contributed by atoms with van der Waals surface area (Å²) in [6.45, 7) is 9.10. The highest BCUT2D eigenvalue weighted by atomic mass is 16.5. The molecule has 0 aromatic carbocycles. The van der Waals surface area contributed by atoms with Crippen LogP contribution in [0, 0.1) is 12.8 Å². The van der Waals surface area contributed by atoms with Crippen LogP contribution >= 0.6 is 0 Å². The average Bonchev–Trinajstić information content (AvgIpc) is 2.78. The van der Waals surface area contributed by atoms with E-state index in [9.17, 15) is 0 Å². The van der Waals surface area contributed by atoms with E-state index in [0.29, 0.717) is 5.92 Å². The van der Waals surface area contributed by atoms with Crippen molar-refractivity contribution in [3.63, 3.8) is 0 Å². The van der Waals surface area contributed by atoms with E-state index in [0.717, 1.165) is 32.6 Å². The number of nitrogens with zero attached hydrogens (tertiary/aromatic N) is 2. The van der Waals surface area contributed by atoms with Gasteiger partial charge in [-0.15, -0.1) is 0 Å². The Hall–Kier alpha value is -1.35. The minimum absolute atomic E-state index is 0.697. The Morgan fingerprint density at radius 2 is 2.21 bits per heavy atom. The van der Waals surface area contributed by atoms with Gasteiger partial charge in [-0.05, 0) is 51.2 Å². The van der Waals surface area contributed by atoms with E-state index < -0.39 is 0 Å². The van der Waals surface area contributed by atoms with E-state index in [2.05, 4.69) is 48.8 Å². The van der Waals surface area contributed by atoms with Gasteiger partial charge in [-0.2, -0.15) is 5.10 Å². The van der Waals surface area contributed by atoms with Gasteiger partial charge in [-0.3, -0.25) is 4.68 Å². The Morgan fingerprint density at radius 1 is 1.47 bits per heavy atom. The van der Waals surface area contributed by atoms with Crippen molar-refractivity contribution in [3.8, 4) is 0 Å². The number of allylic oxidation sites excluding steroid dienone is 3. The maximum Gasteiger partial charge on any atom is 0.0639 e. The molecule has 19 heavy (non-hydrogen) atoms. The molecule has 0 aliphatic carbocycles. The van der Waals surface area contributed by atoms with Crippen LogP contribution in [0.5, 0.6) is 0 Å². The third-order valence-electron chi connectivity index (χ3n) is 3.80. The molecule has 0 unspecified atom stereocenters. The second-order valence-corrected chi connectivity index (χ2v) is 5.32. The van der Waals surface area contributed by atoms with Gasteiger partial charge in [0.1, 0.15) is 0 Å². The second kappa shape index (κ2) is 6.71. The molecule has 0 atom stereocenters. The summed E-state index contributed by atoms with van der Waals surface area (Å²) in [6.07, 6.45) is 10.7. The zero-order chi connectivity index (χ0) is 13.7. The van der Waals surface area contributed by atoms with Crippen LogP contribution in [0.3, 0.4) is 0 Å². The zero-order valence-corrected chi connectivity index (χ0v) is 12.2. The number of hydrogen-bond donors (Lipinski definition) is 0. The van der Waals surface area contributed by atoms with Gasteiger partial charge in [0.25, 0.3) is 0 Å². The van der Waals surface area contributed by atoms with Crippen LogP contribution in [-0.2, 0) is 11.3 Å². The molecule has 3 nitrogen and oxygen atoms in total. The van der Waals surface area contributed by atoms with E-state index in [-0.39, 0.29) is 0 Å². The molecule has 1 aromatic heterocycles. The quantitative estimate of drug-likeness (QED) is 0.773. The van der Waals surface area contributed by atoms with Gasteiger partial charge in [0.2, 0.25) is 0 Å². The molecule has 0 saturated carbocycles. The number of aromatic nitrogens is 2. The van der Waals surface area contributed by atoms with Gasteiger partial charge in [0, 0.05) is 19.8 Å². The first-order chi connectivity index (χ1) is 9.20. The maximum atomic E-state index is 5.42. The number of rotatable bonds is 4. The molecule has 104 valence electrons. The van der Waals surface area contributed by atoms with Gasteiger partial charge < -0.3 is 4.74 Å². The van der Waals surface area contributed by atoms with E-state index in [1.807, 2.05) is 6.20 Å². The lowest BCUT2D eigenvalue weighted by Gasteiger charge is -2.22. The molecule has 0 bridgehead atoms. The van der Waals surface area contributed by atoms with Crippen LogP contribution < -0.4 is 0 Å². The second-order valence-electron chi connectivity index (χ2n) is 5.32. The fourth-order valence-electron chi connectivity index (χ4n) is 2.33. The van der Waals surface area contributed by atoms with Gasteiger partial charge in [0.05, 0.1) is 11.9 Å². The van der Waals surface area contributed by atoms with Crippen LogP contribution in [0.4, 0.5) is 0 Å². The lowest BCUT2D eigenvalue weighted by molar-refractivity contribution is 0.0601. The Labute approximate surface area is 116 Å². The van der Waals surface area contributed by atoms with E-state index >= 15 is 0 Å². The first-order valence-corrected chi connectivity index (χ1v) is 7.12. The van der Waals surface area contributed by atoms with Crippen LogP contribution in [0.1, 0.15) is 37.9 Å². The van der Waals surface area contributed by atoms with Crippen LogP contribution in [0.2, 0.25) is 0 Å². The van der Waals surface area contributed by atoms with E-state index in [4.69, 9.17) is 4.74 Å². The summed E-state index contributed by atoms with van der Waals surface area (Å²) in [4.78, 5) is 0. The van der Waals surface area contributed by atoms with Gasteiger partial charge in [-0.25, -0.2) is 0 Å².